The largest absolute Gasteiger partial charge is 0.390 e. The highest BCUT2D eigenvalue weighted by Crippen LogP contribution is 2.19. The van der Waals surface area contributed by atoms with Gasteiger partial charge in [0.1, 0.15) is 11.6 Å². The molecule has 3 aromatic rings. The average molecular weight is 587 g/mol. The summed E-state index contributed by atoms with van der Waals surface area (Å²) in [5.74, 6) is -2.14. The second kappa shape index (κ2) is 14.1. The first-order valence-corrected chi connectivity index (χ1v) is 15.1. The van der Waals surface area contributed by atoms with E-state index in [-0.39, 0.29) is 29.0 Å². The zero-order valence-corrected chi connectivity index (χ0v) is 23.8. The molecule has 1 amide bonds. The molecule has 0 aromatic heterocycles. The van der Waals surface area contributed by atoms with Crippen LogP contribution < -0.4 is 16.0 Å². The number of hydrogen-bond donors (Lipinski definition) is 4. The summed E-state index contributed by atoms with van der Waals surface area (Å²) in [6.07, 6.45) is -0.271. The predicted molar refractivity (Wildman–Crippen MR) is 153 cm³/mol. The molecule has 1 saturated heterocycles. The van der Waals surface area contributed by atoms with Crippen molar-refractivity contribution >= 4 is 15.9 Å². The molecule has 8 nitrogen and oxygen atoms in total. The maximum absolute atomic E-state index is 13.9. The van der Waals surface area contributed by atoms with Gasteiger partial charge in [0.05, 0.1) is 17.0 Å². The van der Waals surface area contributed by atoms with Gasteiger partial charge in [-0.2, -0.15) is 4.31 Å². The van der Waals surface area contributed by atoms with Crippen molar-refractivity contribution in [1.82, 2.24) is 20.3 Å². The number of piperazine rings is 1. The molecule has 0 saturated carbocycles. The Hall–Kier alpha value is -3.22. The second-order valence-electron chi connectivity index (χ2n) is 10.1. The molecule has 0 radical (unpaired) electrons. The van der Waals surface area contributed by atoms with Crippen molar-refractivity contribution in [2.24, 2.45) is 0 Å². The Labute approximate surface area is 239 Å². The third kappa shape index (κ3) is 8.40. The molecule has 1 aliphatic rings. The van der Waals surface area contributed by atoms with E-state index >= 15 is 0 Å². The van der Waals surface area contributed by atoms with Crippen molar-refractivity contribution in [3.63, 3.8) is 0 Å². The van der Waals surface area contributed by atoms with Crippen LogP contribution in [0, 0.1) is 11.6 Å². The summed E-state index contributed by atoms with van der Waals surface area (Å²) < 4.78 is 55.4. The minimum atomic E-state index is -3.79. The van der Waals surface area contributed by atoms with Crippen LogP contribution in [0.15, 0.2) is 71.6 Å². The van der Waals surface area contributed by atoms with Crippen LogP contribution in [0.2, 0.25) is 0 Å². The molecular weight excluding hydrogens is 550 g/mol. The molecule has 4 N–H and O–H groups in total. The van der Waals surface area contributed by atoms with Crippen molar-refractivity contribution < 1.29 is 27.1 Å². The van der Waals surface area contributed by atoms with E-state index < -0.39 is 39.7 Å². The fourth-order valence-corrected chi connectivity index (χ4v) is 6.30. The van der Waals surface area contributed by atoms with Gasteiger partial charge >= 0.3 is 0 Å². The monoisotopic (exact) mass is 586 g/mol. The van der Waals surface area contributed by atoms with Crippen LogP contribution in [0.4, 0.5) is 8.78 Å². The van der Waals surface area contributed by atoms with Gasteiger partial charge in [-0.1, -0.05) is 37.3 Å². The van der Waals surface area contributed by atoms with Crippen LogP contribution in [-0.2, 0) is 29.4 Å². The number of aliphatic hydroxyl groups is 1. The van der Waals surface area contributed by atoms with E-state index in [4.69, 9.17) is 0 Å². The molecule has 0 bridgehead atoms. The van der Waals surface area contributed by atoms with Gasteiger partial charge in [-0.3, -0.25) is 4.79 Å². The number of amides is 1. The van der Waals surface area contributed by atoms with Gasteiger partial charge in [0, 0.05) is 50.9 Å². The first-order chi connectivity index (χ1) is 19.7. The highest BCUT2D eigenvalue weighted by molar-refractivity contribution is 7.89. The maximum Gasteiger partial charge on any atom is 0.251 e. The van der Waals surface area contributed by atoms with Gasteiger partial charge in [-0.25, -0.2) is 17.2 Å². The number of carbonyl (C=O) groups excluding carboxylic acids is 1. The Morgan fingerprint density at radius 3 is 2.37 bits per heavy atom. The second-order valence-corrected chi connectivity index (χ2v) is 12.1. The fraction of sp³-hybridized carbons (Fsp3) is 0.367. The van der Waals surface area contributed by atoms with E-state index in [1.54, 1.807) is 0 Å². The number of aryl methyl sites for hydroxylation is 1. The molecule has 11 heteroatoms. The Balaban J connectivity index is 1.50. The smallest absolute Gasteiger partial charge is 0.251 e. The number of aliphatic hydroxyl groups excluding tert-OH is 1. The van der Waals surface area contributed by atoms with E-state index in [1.807, 2.05) is 18.2 Å². The zero-order chi connectivity index (χ0) is 29.4. The molecular formula is C30H36F2N4O4S. The van der Waals surface area contributed by atoms with Gasteiger partial charge in [0.15, 0.2) is 0 Å². The fourth-order valence-electron chi connectivity index (χ4n) is 4.82. The Bertz CT molecular complexity index is 1430. The molecule has 0 aliphatic carbocycles. The van der Waals surface area contributed by atoms with Gasteiger partial charge < -0.3 is 21.1 Å². The summed E-state index contributed by atoms with van der Waals surface area (Å²) in [6, 6.07) is 15.9. The van der Waals surface area contributed by atoms with Crippen molar-refractivity contribution in [3.8, 4) is 0 Å². The number of sulfonamides is 1. The molecule has 1 fully saturated rings. The summed E-state index contributed by atoms with van der Waals surface area (Å²) in [6.45, 7) is 4.37. The van der Waals surface area contributed by atoms with Crippen LogP contribution in [0.1, 0.15) is 34.0 Å². The van der Waals surface area contributed by atoms with Crippen molar-refractivity contribution in [2.75, 3.05) is 32.7 Å². The SMILES string of the molecule is CCc1cccc(CNC[C@H](O)[C@H](Cc2cc(F)cc(F)c2)NC(=O)c2cccc(S(=O)(=O)N3CCNCC3)c2)c1. The van der Waals surface area contributed by atoms with Crippen LogP contribution in [0.5, 0.6) is 0 Å². The van der Waals surface area contributed by atoms with E-state index in [1.165, 1.54) is 34.1 Å². The normalized spacial score (nSPS) is 15.8. The highest BCUT2D eigenvalue weighted by atomic mass is 32.2. The molecule has 1 heterocycles. The molecule has 4 rings (SSSR count). The molecule has 220 valence electrons. The van der Waals surface area contributed by atoms with Gasteiger partial charge in [0.25, 0.3) is 5.91 Å². The van der Waals surface area contributed by atoms with Crippen molar-refractivity contribution in [3.05, 3.63) is 101 Å². The molecule has 0 unspecified atom stereocenters. The maximum atomic E-state index is 13.9. The van der Waals surface area contributed by atoms with E-state index in [9.17, 15) is 27.1 Å². The molecule has 2 atom stereocenters. The Morgan fingerprint density at radius 1 is 0.976 bits per heavy atom. The van der Waals surface area contributed by atoms with Crippen LogP contribution in [-0.4, -0.2) is 68.6 Å². The summed E-state index contributed by atoms with van der Waals surface area (Å²) in [4.78, 5) is 13.3. The van der Waals surface area contributed by atoms with E-state index in [2.05, 4.69) is 28.9 Å². The molecule has 0 spiro atoms. The quantitative estimate of drug-likeness (QED) is 0.260. The minimum absolute atomic E-state index is 0.00711. The van der Waals surface area contributed by atoms with Gasteiger partial charge in [-0.05, 0) is 59.9 Å². The standard InChI is InChI=1S/C30H36F2N4O4S/c1-2-21-5-3-6-22(13-21)19-34-20-29(37)28(16-23-14-25(31)18-26(32)15-23)35-30(38)24-7-4-8-27(17-24)41(39,40)36-11-9-33-10-12-36/h3-8,13-15,17-18,28-29,33-34,37H,2,9-12,16,19-20H2,1H3,(H,35,38)/t28-,29-/m0/s1. The van der Waals surface area contributed by atoms with Crippen LogP contribution in [0.25, 0.3) is 0 Å². The zero-order valence-electron chi connectivity index (χ0n) is 22.9. The first kappa shape index (κ1) is 30.7. The first-order valence-electron chi connectivity index (χ1n) is 13.7. The number of nitrogens with one attached hydrogen (secondary N) is 3. The Kier molecular flexibility index (Phi) is 10.6. The lowest BCUT2D eigenvalue weighted by Gasteiger charge is -2.27. The topological polar surface area (TPSA) is 111 Å². The molecule has 3 aromatic carbocycles. The molecule has 1 aliphatic heterocycles. The van der Waals surface area contributed by atoms with E-state index in [0.717, 1.165) is 30.2 Å². The average Bonchev–Trinajstić information content (AvgIpc) is 2.97. The van der Waals surface area contributed by atoms with E-state index in [0.29, 0.717) is 32.7 Å². The summed E-state index contributed by atoms with van der Waals surface area (Å²) in [5, 5.41) is 20.1. The highest BCUT2D eigenvalue weighted by Gasteiger charge is 2.28. The number of nitrogens with zero attached hydrogens (tertiary/aromatic N) is 1. The lowest BCUT2D eigenvalue weighted by molar-refractivity contribution is 0.0829. The molecule has 41 heavy (non-hydrogen) atoms. The third-order valence-electron chi connectivity index (χ3n) is 7.05. The summed E-state index contributed by atoms with van der Waals surface area (Å²) >= 11 is 0. The summed E-state index contributed by atoms with van der Waals surface area (Å²) in [5.41, 5.74) is 2.57. The van der Waals surface area contributed by atoms with Crippen LogP contribution >= 0.6 is 0 Å². The third-order valence-corrected chi connectivity index (χ3v) is 8.95. The number of rotatable bonds is 12. The lowest BCUT2D eigenvalue weighted by Crippen LogP contribution is -2.48. The number of benzene rings is 3. The van der Waals surface area contributed by atoms with Gasteiger partial charge in [0.2, 0.25) is 10.0 Å². The van der Waals surface area contributed by atoms with Crippen molar-refractivity contribution in [1.29, 1.82) is 0 Å². The van der Waals surface area contributed by atoms with Crippen LogP contribution in [0.3, 0.4) is 0 Å². The number of hydrogen-bond acceptors (Lipinski definition) is 6. The van der Waals surface area contributed by atoms with Gasteiger partial charge in [-0.15, -0.1) is 0 Å². The van der Waals surface area contributed by atoms with Crippen molar-refractivity contribution in [2.45, 2.75) is 43.4 Å². The Morgan fingerprint density at radius 2 is 1.66 bits per heavy atom. The predicted octanol–water partition coefficient (Wildman–Crippen LogP) is 2.61. The number of carbonyl (C=O) groups is 1. The number of halogens is 2. The lowest BCUT2D eigenvalue weighted by atomic mass is 10.00. The summed E-state index contributed by atoms with van der Waals surface area (Å²) in [7, 11) is -3.79. The minimum Gasteiger partial charge on any atom is -0.390 e.